The van der Waals surface area contributed by atoms with Gasteiger partial charge in [0.2, 0.25) is 41.4 Å². The van der Waals surface area contributed by atoms with Gasteiger partial charge in [0.25, 0.3) is 5.91 Å². The van der Waals surface area contributed by atoms with Crippen LogP contribution in [0.4, 0.5) is 10.5 Å². The number of ether oxygens (including phenoxy) is 2. The quantitative estimate of drug-likeness (QED) is 0.0267. The number of primary amides is 1. The van der Waals surface area contributed by atoms with Gasteiger partial charge in [0.05, 0.1) is 30.7 Å². The zero-order chi connectivity index (χ0) is 63.1. The molecule has 2 aromatic rings. The number of imide groups is 1. The number of carboxylic acid groups (broad SMARTS) is 1. The third-order valence-corrected chi connectivity index (χ3v) is 16.3. The number of hydrogen-bond donors (Lipinski definition) is 9. The molecule has 10 N–H and O–H groups in total. The van der Waals surface area contributed by atoms with Crippen LogP contribution in [0.15, 0.2) is 54.6 Å². The van der Waals surface area contributed by atoms with Crippen molar-refractivity contribution < 1.29 is 67.6 Å². The number of likely N-dealkylation sites (tertiary alicyclic amines) is 2. The number of nitrogens with zero attached hydrogens (tertiary/aromatic N) is 3. The zero-order valence-corrected chi connectivity index (χ0v) is 51.2. The molecule has 4 rings (SSSR count). The van der Waals surface area contributed by atoms with Crippen molar-refractivity contribution in [2.45, 2.75) is 187 Å². The number of carboxylic acids is 1. The van der Waals surface area contributed by atoms with E-state index < -0.39 is 102 Å². The lowest BCUT2D eigenvalue weighted by molar-refractivity contribution is -0.147. The molecule has 11 atom stereocenters. The average Bonchev–Trinajstić information content (AvgIpc) is 3.58. The minimum Gasteiger partial charge on any atom is -0.480 e. The maximum Gasteiger partial charge on any atom is 0.321 e. The number of aliphatic hydroxyl groups is 1. The van der Waals surface area contributed by atoms with Crippen molar-refractivity contribution in [1.82, 2.24) is 41.3 Å². The lowest BCUT2D eigenvalue weighted by Crippen LogP contribution is -2.58. The molecular weight excluding hydrogens is 1100 g/mol. The molecule has 2 fully saturated rings. The molecule has 2 aliphatic heterocycles. The van der Waals surface area contributed by atoms with Crippen molar-refractivity contribution in [3.63, 3.8) is 0 Å². The number of amides is 10. The summed E-state index contributed by atoms with van der Waals surface area (Å²) in [5.41, 5.74) is 6.48. The summed E-state index contributed by atoms with van der Waals surface area (Å²) in [6.45, 7) is 13.6. The van der Waals surface area contributed by atoms with Gasteiger partial charge in [0.15, 0.2) is 0 Å². The fraction of sp³-hybridized carbons (Fsp3) is 0.639. The molecule has 0 aromatic heterocycles. The van der Waals surface area contributed by atoms with Gasteiger partial charge in [-0.05, 0) is 92.5 Å². The third kappa shape index (κ3) is 21.2. The van der Waals surface area contributed by atoms with Crippen LogP contribution in [0.2, 0.25) is 0 Å². The maximum atomic E-state index is 14.6. The van der Waals surface area contributed by atoms with Crippen LogP contribution >= 0.6 is 0 Å². The van der Waals surface area contributed by atoms with Crippen molar-refractivity contribution in [3.8, 4) is 0 Å². The van der Waals surface area contributed by atoms with Gasteiger partial charge in [-0.15, -0.1) is 0 Å². The number of benzene rings is 2. The Bertz CT molecular complexity index is 2540. The molecule has 0 radical (unpaired) electrons. The average molecular weight is 1190 g/mol. The van der Waals surface area contributed by atoms with Crippen molar-refractivity contribution in [3.05, 3.63) is 65.7 Å². The molecule has 2 aliphatic rings. The number of carbonyl (C=O) groups excluding carboxylic acids is 9. The SMILES string of the molecule is CC[C@H](C)[C@@H]([C@@H](CC(=O)N1CCC[C@H]1[C@H](OC)C(C)C(O)N[C@@H](Cc1ccccc1)C(=O)O)OC)N(C)C(=O)[C@@H](NC(=O)c1ccc(NC(=O)[C@H](CCCNC(N)=O)NC(=O)[C@@H](NC(=O)CCCCCN2C(=O)CCC2=O)C(C)C)cc1)C(C)C. The Hall–Kier alpha value is -7.02. The van der Waals surface area contributed by atoms with E-state index in [9.17, 15) is 58.2 Å². The molecule has 24 heteroatoms. The number of unbranched alkanes of at least 4 members (excludes halogenated alkanes) is 2. The molecule has 10 amide bonds. The largest absolute Gasteiger partial charge is 0.480 e. The summed E-state index contributed by atoms with van der Waals surface area (Å²) in [6, 6.07) is 8.97. The second kappa shape index (κ2) is 34.8. The normalized spacial score (nSPS) is 17.9. The minimum absolute atomic E-state index is 0.0735. The van der Waals surface area contributed by atoms with Crippen molar-refractivity contribution in [2.24, 2.45) is 29.4 Å². The molecule has 24 nitrogen and oxygen atoms in total. The van der Waals surface area contributed by atoms with Gasteiger partial charge in [0.1, 0.15) is 30.4 Å². The highest BCUT2D eigenvalue weighted by atomic mass is 16.5. The standard InChI is InChI=1S/C61H94N10O14/c1-11-38(6)53(46(84-9)35-50(75)70-33-19-23-45(70)54(85-10)39(7)55(76)66-44(60(81)82)34-40-20-14-12-15-21-40)69(8)59(80)52(37(4)5)68-56(77)41-25-27-42(28-26-41)64-57(78)43(22-18-31-63-61(62)83)65-58(79)51(36(2)3)67-47(72)24-16-13-17-32-71-48(73)29-30-49(71)74/h12,14-15,20-21,25-28,36-39,43-46,51-55,66,76H,11,13,16-19,22-24,29-35H2,1-10H3,(H,64,78)(H,65,79)(H,67,72)(H,68,77)(H,81,82)(H3,62,63,83)/t38-,39?,43-,44-,45-,46+,51-,52-,53-,54+,55?/m0/s1. The Kier molecular flexibility index (Phi) is 28.9. The van der Waals surface area contributed by atoms with E-state index in [2.05, 4.69) is 31.9 Å². The first-order valence-corrected chi connectivity index (χ1v) is 29.8. The second-order valence-corrected chi connectivity index (χ2v) is 23.1. The van der Waals surface area contributed by atoms with Gasteiger partial charge in [-0.1, -0.05) is 91.6 Å². The van der Waals surface area contributed by atoms with Gasteiger partial charge >= 0.3 is 12.0 Å². The summed E-state index contributed by atoms with van der Waals surface area (Å²) >= 11 is 0. The second-order valence-electron chi connectivity index (χ2n) is 23.1. The van der Waals surface area contributed by atoms with E-state index in [0.29, 0.717) is 51.6 Å². The molecule has 85 heavy (non-hydrogen) atoms. The number of aliphatic carboxylic acids is 1. The third-order valence-electron chi connectivity index (χ3n) is 16.3. The Labute approximate surface area is 500 Å². The molecule has 2 unspecified atom stereocenters. The van der Waals surface area contributed by atoms with Gasteiger partial charge in [-0.3, -0.25) is 53.4 Å². The van der Waals surface area contributed by atoms with E-state index in [1.54, 1.807) is 51.5 Å². The first kappa shape index (κ1) is 70.5. The van der Waals surface area contributed by atoms with E-state index in [0.717, 1.165) is 5.56 Å². The lowest BCUT2D eigenvalue weighted by Gasteiger charge is -2.41. The summed E-state index contributed by atoms with van der Waals surface area (Å²) < 4.78 is 12.0. The highest BCUT2D eigenvalue weighted by Gasteiger charge is 2.43. The fourth-order valence-corrected chi connectivity index (χ4v) is 11.1. The number of methoxy groups -OCH3 is 2. The monoisotopic (exact) mass is 1190 g/mol. The van der Waals surface area contributed by atoms with Crippen molar-refractivity contribution in [2.75, 3.05) is 46.2 Å². The first-order valence-electron chi connectivity index (χ1n) is 29.8. The highest BCUT2D eigenvalue weighted by molar-refractivity contribution is 6.02. The summed E-state index contributed by atoms with van der Waals surface area (Å²) in [6.07, 6.45) is 1.61. The fourth-order valence-electron chi connectivity index (χ4n) is 11.1. The van der Waals surface area contributed by atoms with Crippen LogP contribution in [0.25, 0.3) is 0 Å². The minimum atomic E-state index is -1.29. The molecule has 0 bridgehead atoms. The predicted molar refractivity (Wildman–Crippen MR) is 318 cm³/mol. The zero-order valence-electron chi connectivity index (χ0n) is 51.2. The lowest BCUT2D eigenvalue weighted by atomic mass is 9.89. The van der Waals surface area contributed by atoms with Crippen LogP contribution in [0.5, 0.6) is 0 Å². The van der Waals surface area contributed by atoms with Crippen LogP contribution in [0, 0.1) is 23.7 Å². The van der Waals surface area contributed by atoms with Gasteiger partial charge in [-0.25, -0.2) is 4.79 Å². The van der Waals surface area contributed by atoms with Crippen molar-refractivity contribution >= 4 is 64.9 Å². The highest BCUT2D eigenvalue weighted by Crippen LogP contribution is 2.31. The number of carbonyl (C=O) groups is 10. The van der Waals surface area contributed by atoms with Crippen molar-refractivity contribution in [1.29, 1.82) is 0 Å². The number of rotatable bonds is 36. The van der Waals surface area contributed by atoms with E-state index in [1.807, 2.05) is 44.2 Å². The van der Waals surface area contributed by atoms with Gasteiger partial charge in [0, 0.05) is 77.3 Å². The molecule has 2 aromatic carbocycles. The van der Waals surface area contributed by atoms with E-state index >= 15 is 0 Å². The number of urea groups is 1. The van der Waals surface area contributed by atoms with Crippen LogP contribution in [-0.2, 0) is 54.3 Å². The summed E-state index contributed by atoms with van der Waals surface area (Å²) in [7, 11) is 4.62. The first-order chi connectivity index (χ1) is 40.3. The van der Waals surface area contributed by atoms with Gasteiger partial charge < -0.3 is 61.8 Å². The van der Waals surface area contributed by atoms with Crippen LogP contribution in [0.3, 0.4) is 0 Å². The Balaban J connectivity index is 1.40. The van der Waals surface area contributed by atoms with Crippen LogP contribution in [0.1, 0.15) is 141 Å². The number of anilines is 1. The predicted octanol–water partition coefficient (Wildman–Crippen LogP) is 3.69. The maximum absolute atomic E-state index is 14.6. The molecule has 2 heterocycles. The number of likely N-dealkylation sites (N-methyl/N-ethyl adjacent to an activating group) is 1. The Morgan fingerprint density at radius 1 is 0.788 bits per heavy atom. The van der Waals surface area contributed by atoms with E-state index in [-0.39, 0.29) is 98.2 Å². The number of nitrogens with one attached hydrogen (secondary N) is 6. The Morgan fingerprint density at radius 2 is 1.44 bits per heavy atom. The summed E-state index contributed by atoms with van der Waals surface area (Å²) in [5.74, 6) is -5.90. The molecule has 0 saturated carbocycles. The molecule has 2 saturated heterocycles. The molecular formula is C61H94N10O14. The van der Waals surface area contributed by atoms with Crippen LogP contribution in [-0.4, -0.2) is 180 Å². The van der Waals surface area contributed by atoms with E-state index in [1.165, 1.54) is 43.4 Å². The topological polar surface area (TPSA) is 338 Å². The molecule has 0 spiro atoms. The van der Waals surface area contributed by atoms with Crippen LogP contribution < -0.4 is 37.6 Å². The number of nitrogens with two attached hydrogens (primary N) is 1. The molecule has 472 valence electrons. The summed E-state index contributed by atoms with van der Waals surface area (Å²) in [5, 5.41) is 37.9. The molecule has 0 aliphatic carbocycles. The van der Waals surface area contributed by atoms with Gasteiger partial charge in [-0.2, -0.15) is 0 Å². The number of aliphatic hydroxyl groups excluding tert-OH is 1. The summed E-state index contributed by atoms with van der Waals surface area (Å²) in [4.78, 5) is 136. The van der Waals surface area contributed by atoms with E-state index in [4.69, 9.17) is 15.2 Å². The number of hydrogen-bond acceptors (Lipinski definition) is 14. The smallest absolute Gasteiger partial charge is 0.321 e. The Morgan fingerprint density at radius 3 is 2.01 bits per heavy atom.